The smallest absolute Gasteiger partial charge is 0.119 e. The van der Waals surface area contributed by atoms with Crippen molar-refractivity contribution >= 4 is 0 Å². The van der Waals surface area contributed by atoms with Crippen LogP contribution in [0.1, 0.15) is 17.5 Å². The highest BCUT2D eigenvalue weighted by atomic mass is 16.3. The highest BCUT2D eigenvalue weighted by molar-refractivity contribution is 5.35. The summed E-state index contributed by atoms with van der Waals surface area (Å²) in [7, 11) is 0. The van der Waals surface area contributed by atoms with E-state index in [1.807, 2.05) is 19.1 Å². The lowest BCUT2D eigenvalue weighted by atomic mass is 10.1. The van der Waals surface area contributed by atoms with Crippen molar-refractivity contribution in [1.29, 1.82) is 0 Å². The van der Waals surface area contributed by atoms with Crippen molar-refractivity contribution in [2.75, 3.05) is 6.61 Å². The predicted molar refractivity (Wildman–Crippen MR) is 48.3 cm³/mol. The zero-order chi connectivity index (χ0) is 8.97. The summed E-state index contributed by atoms with van der Waals surface area (Å²) in [6, 6.07) is 5.61. The molecular formula is C10H14O2. The Hall–Kier alpha value is -1.02. The highest BCUT2D eigenvalue weighted by Crippen LogP contribution is 2.19. The Morgan fingerprint density at radius 1 is 1.33 bits per heavy atom. The van der Waals surface area contributed by atoms with Crippen LogP contribution in [0.15, 0.2) is 18.2 Å². The molecule has 2 N–H and O–H groups in total. The van der Waals surface area contributed by atoms with Crippen molar-refractivity contribution < 1.29 is 10.2 Å². The van der Waals surface area contributed by atoms with Crippen molar-refractivity contribution in [2.45, 2.75) is 19.8 Å². The summed E-state index contributed by atoms with van der Waals surface area (Å²) in [4.78, 5) is 0. The number of phenolic OH excluding ortho intramolecular Hbond substituents is 1. The molecule has 2 heteroatoms. The number of hydrogen-bond acceptors (Lipinski definition) is 2. The van der Waals surface area contributed by atoms with Crippen molar-refractivity contribution in [3.63, 3.8) is 0 Å². The summed E-state index contributed by atoms with van der Waals surface area (Å²) < 4.78 is 0. The van der Waals surface area contributed by atoms with Gasteiger partial charge in [-0.3, -0.25) is 0 Å². The van der Waals surface area contributed by atoms with Gasteiger partial charge >= 0.3 is 0 Å². The Bertz CT molecular complexity index is 256. The van der Waals surface area contributed by atoms with Crippen LogP contribution in [-0.4, -0.2) is 16.8 Å². The fraction of sp³-hybridized carbons (Fsp3) is 0.400. The van der Waals surface area contributed by atoms with Gasteiger partial charge in [0.25, 0.3) is 0 Å². The number of phenols is 1. The van der Waals surface area contributed by atoms with Crippen LogP contribution in [0.3, 0.4) is 0 Å². The molecule has 0 saturated heterocycles. The van der Waals surface area contributed by atoms with Crippen molar-refractivity contribution in [3.8, 4) is 5.75 Å². The van der Waals surface area contributed by atoms with Crippen molar-refractivity contribution in [1.82, 2.24) is 0 Å². The first-order valence-corrected chi connectivity index (χ1v) is 4.13. The van der Waals surface area contributed by atoms with Crippen LogP contribution in [0.4, 0.5) is 0 Å². The standard InChI is InChI=1S/C10H14O2/c1-8-4-5-9(3-2-6-11)10(12)7-8/h4-5,7,11-12H,2-3,6H2,1H3. The van der Waals surface area contributed by atoms with Gasteiger partial charge in [0.1, 0.15) is 5.75 Å². The zero-order valence-corrected chi connectivity index (χ0v) is 7.25. The quantitative estimate of drug-likeness (QED) is 0.716. The summed E-state index contributed by atoms with van der Waals surface area (Å²) in [6.07, 6.45) is 1.44. The molecule has 0 aliphatic carbocycles. The first kappa shape index (κ1) is 9.07. The number of aliphatic hydroxyl groups is 1. The van der Waals surface area contributed by atoms with E-state index in [0.717, 1.165) is 17.5 Å². The van der Waals surface area contributed by atoms with Gasteiger partial charge in [-0.25, -0.2) is 0 Å². The van der Waals surface area contributed by atoms with Gasteiger partial charge in [-0.05, 0) is 37.0 Å². The molecule has 12 heavy (non-hydrogen) atoms. The molecule has 0 atom stereocenters. The van der Waals surface area contributed by atoms with E-state index in [-0.39, 0.29) is 6.61 Å². The minimum absolute atomic E-state index is 0.174. The summed E-state index contributed by atoms with van der Waals surface area (Å²) in [5, 5.41) is 18.0. The molecule has 0 fully saturated rings. The Labute approximate surface area is 72.5 Å². The van der Waals surface area contributed by atoms with Crippen molar-refractivity contribution in [2.24, 2.45) is 0 Å². The molecule has 0 amide bonds. The van der Waals surface area contributed by atoms with E-state index in [4.69, 9.17) is 5.11 Å². The first-order valence-electron chi connectivity index (χ1n) is 4.13. The SMILES string of the molecule is Cc1ccc(CCCO)c(O)c1. The van der Waals surface area contributed by atoms with Crippen LogP contribution in [0, 0.1) is 6.92 Å². The van der Waals surface area contributed by atoms with Crippen LogP contribution >= 0.6 is 0 Å². The van der Waals surface area contributed by atoms with Gasteiger partial charge in [-0.15, -0.1) is 0 Å². The normalized spacial score (nSPS) is 10.2. The van der Waals surface area contributed by atoms with E-state index in [9.17, 15) is 5.11 Å². The lowest BCUT2D eigenvalue weighted by Gasteiger charge is -2.03. The van der Waals surface area contributed by atoms with Gasteiger partial charge in [-0.1, -0.05) is 12.1 Å². The predicted octanol–water partition coefficient (Wildman–Crippen LogP) is 1.63. The molecule has 0 aromatic heterocycles. The van der Waals surface area contributed by atoms with E-state index in [1.54, 1.807) is 6.07 Å². The van der Waals surface area contributed by atoms with Gasteiger partial charge in [-0.2, -0.15) is 0 Å². The molecule has 0 bridgehead atoms. The Kier molecular flexibility index (Phi) is 3.11. The molecule has 1 aromatic rings. The molecule has 0 saturated carbocycles. The molecule has 66 valence electrons. The number of benzene rings is 1. The summed E-state index contributed by atoms with van der Waals surface area (Å²) >= 11 is 0. The van der Waals surface area contributed by atoms with Gasteiger partial charge < -0.3 is 10.2 Å². The Morgan fingerprint density at radius 3 is 2.67 bits per heavy atom. The molecule has 1 rings (SSSR count). The van der Waals surface area contributed by atoms with Gasteiger partial charge in [0, 0.05) is 6.61 Å². The van der Waals surface area contributed by atoms with E-state index in [1.165, 1.54) is 0 Å². The van der Waals surface area contributed by atoms with Gasteiger partial charge in [0.15, 0.2) is 0 Å². The fourth-order valence-electron chi connectivity index (χ4n) is 1.15. The molecule has 0 radical (unpaired) electrons. The van der Waals surface area contributed by atoms with E-state index < -0.39 is 0 Å². The average Bonchev–Trinajstić information content (AvgIpc) is 2.03. The number of aryl methyl sites for hydroxylation is 2. The third-order valence-corrected chi connectivity index (χ3v) is 1.85. The van der Waals surface area contributed by atoms with Crippen LogP contribution in [0.2, 0.25) is 0 Å². The van der Waals surface area contributed by atoms with Crippen molar-refractivity contribution in [3.05, 3.63) is 29.3 Å². The minimum atomic E-state index is 0.174. The second-order valence-electron chi connectivity index (χ2n) is 2.96. The summed E-state index contributed by atoms with van der Waals surface area (Å²) in [6.45, 7) is 2.11. The van der Waals surface area contributed by atoms with E-state index >= 15 is 0 Å². The Morgan fingerprint density at radius 2 is 2.08 bits per heavy atom. The van der Waals surface area contributed by atoms with Crippen LogP contribution in [0.25, 0.3) is 0 Å². The fourth-order valence-corrected chi connectivity index (χ4v) is 1.15. The third kappa shape index (κ3) is 2.24. The first-order chi connectivity index (χ1) is 5.74. The molecule has 2 nitrogen and oxygen atoms in total. The average molecular weight is 166 g/mol. The van der Waals surface area contributed by atoms with E-state index in [0.29, 0.717) is 12.2 Å². The maximum atomic E-state index is 9.44. The van der Waals surface area contributed by atoms with Crippen LogP contribution < -0.4 is 0 Å². The molecular weight excluding hydrogens is 152 g/mol. The minimum Gasteiger partial charge on any atom is -0.508 e. The summed E-state index contributed by atoms with van der Waals surface area (Å²) in [5.74, 6) is 0.337. The largest absolute Gasteiger partial charge is 0.508 e. The lowest BCUT2D eigenvalue weighted by Crippen LogP contribution is -1.90. The third-order valence-electron chi connectivity index (χ3n) is 1.85. The number of hydrogen-bond donors (Lipinski definition) is 2. The van der Waals surface area contributed by atoms with Gasteiger partial charge in [0.2, 0.25) is 0 Å². The molecule has 0 unspecified atom stereocenters. The number of aliphatic hydroxyl groups excluding tert-OH is 1. The number of aromatic hydroxyl groups is 1. The molecule has 0 spiro atoms. The Balaban J connectivity index is 2.72. The lowest BCUT2D eigenvalue weighted by molar-refractivity contribution is 0.288. The van der Waals surface area contributed by atoms with E-state index in [2.05, 4.69) is 0 Å². The second kappa shape index (κ2) is 4.12. The summed E-state index contributed by atoms with van der Waals surface area (Å²) in [5.41, 5.74) is 1.97. The maximum Gasteiger partial charge on any atom is 0.119 e. The topological polar surface area (TPSA) is 40.5 Å². The molecule has 1 aromatic carbocycles. The van der Waals surface area contributed by atoms with Crippen LogP contribution in [-0.2, 0) is 6.42 Å². The maximum absolute atomic E-state index is 9.44. The number of rotatable bonds is 3. The second-order valence-corrected chi connectivity index (χ2v) is 2.96. The monoisotopic (exact) mass is 166 g/mol. The highest BCUT2D eigenvalue weighted by Gasteiger charge is 1.99. The molecule has 0 heterocycles. The zero-order valence-electron chi connectivity index (χ0n) is 7.25. The molecule has 0 aliphatic heterocycles. The van der Waals surface area contributed by atoms with Crippen LogP contribution in [0.5, 0.6) is 5.75 Å². The molecule has 0 aliphatic rings. The van der Waals surface area contributed by atoms with Gasteiger partial charge in [0.05, 0.1) is 0 Å².